The minimum atomic E-state index is -0.0404. The Kier molecular flexibility index (Phi) is 3.07. The molecule has 0 N–H and O–H groups in total. The fourth-order valence-corrected chi connectivity index (χ4v) is 2.77. The first kappa shape index (κ1) is 12.9. The number of hydrogen-bond acceptors (Lipinski definition) is 2. The zero-order valence-electron chi connectivity index (χ0n) is 12.0. The second-order valence-corrected chi connectivity index (χ2v) is 5.44. The molecule has 0 bridgehead atoms. The number of aryl methyl sites for hydroxylation is 1. The molecule has 102 valence electrons. The van der Waals surface area contributed by atoms with Gasteiger partial charge in [-0.15, -0.1) is 0 Å². The largest absolute Gasteiger partial charge is 0.288 e. The van der Waals surface area contributed by atoms with Crippen LogP contribution in [0, 0.1) is 6.92 Å². The van der Waals surface area contributed by atoms with Crippen molar-refractivity contribution >= 4 is 11.6 Å². The second kappa shape index (κ2) is 4.76. The number of nitrogens with zero attached hydrogens (tertiary/aromatic N) is 2. The Morgan fingerprint density at radius 2 is 1.65 bits per heavy atom. The zero-order valence-corrected chi connectivity index (χ0v) is 12.0. The Hall–Kier alpha value is -2.13. The van der Waals surface area contributed by atoms with Crippen molar-refractivity contribution in [1.82, 2.24) is 4.90 Å². The average Bonchev–Trinajstić information content (AvgIpc) is 2.74. The fourth-order valence-electron chi connectivity index (χ4n) is 2.77. The minimum absolute atomic E-state index is 0.0404. The highest BCUT2D eigenvalue weighted by atomic mass is 16.2. The molecular formula is C17H18N2O. The van der Waals surface area contributed by atoms with Gasteiger partial charge in [0.05, 0.1) is 0 Å². The molecule has 0 aliphatic carbocycles. The Morgan fingerprint density at radius 3 is 2.30 bits per heavy atom. The highest BCUT2D eigenvalue weighted by molar-refractivity contribution is 6.10. The number of fused-ring (bicyclic) bond motifs is 1. The number of carbonyl (C=O) groups is 1. The number of amides is 1. The fraction of sp³-hybridized carbons (Fsp3) is 0.235. The van der Waals surface area contributed by atoms with Crippen molar-refractivity contribution in [2.24, 2.45) is 0 Å². The molecule has 20 heavy (non-hydrogen) atoms. The van der Waals surface area contributed by atoms with E-state index in [1.54, 1.807) is 0 Å². The highest BCUT2D eigenvalue weighted by Crippen LogP contribution is 2.38. The van der Waals surface area contributed by atoms with E-state index in [9.17, 15) is 4.79 Å². The van der Waals surface area contributed by atoms with Crippen molar-refractivity contribution in [1.29, 1.82) is 0 Å². The lowest BCUT2D eigenvalue weighted by Gasteiger charge is -2.30. The van der Waals surface area contributed by atoms with Gasteiger partial charge in [0.25, 0.3) is 5.91 Å². The summed E-state index contributed by atoms with van der Waals surface area (Å²) in [4.78, 5) is 16.6. The van der Waals surface area contributed by atoms with Crippen molar-refractivity contribution < 1.29 is 4.79 Å². The van der Waals surface area contributed by atoms with Crippen LogP contribution in [-0.2, 0) is 0 Å². The molecular weight excluding hydrogens is 248 g/mol. The van der Waals surface area contributed by atoms with Crippen molar-refractivity contribution in [2.45, 2.75) is 13.1 Å². The van der Waals surface area contributed by atoms with Crippen molar-refractivity contribution in [3.05, 3.63) is 65.2 Å². The average molecular weight is 266 g/mol. The second-order valence-electron chi connectivity index (χ2n) is 5.44. The summed E-state index contributed by atoms with van der Waals surface area (Å²) in [6.45, 7) is 2.05. The molecule has 1 amide bonds. The maximum absolute atomic E-state index is 12.7. The molecule has 3 heteroatoms. The van der Waals surface area contributed by atoms with E-state index in [2.05, 4.69) is 4.90 Å². The van der Waals surface area contributed by atoms with Crippen LogP contribution >= 0.6 is 0 Å². The third-order valence-corrected chi connectivity index (χ3v) is 3.73. The molecule has 0 radical (unpaired) electrons. The molecule has 0 saturated heterocycles. The van der Waals surface area contributed by atoms with E-state index in [0.29, 0.717) is 0 Å². The van der Waals surface area contributed by atoms with E-state index in [0.717, 1.165) is 16.8 Å². The van der Waals surface area contributed by atoms with E-state index in [1.807, 2.05) is 74.4 Å². The molecule has 0 spiro atoms. The topological polar surface area (TPSA) is 23.6 Å². The van der Waals surface area contributed by atoms with Crippen LogP contribution < -0.4 is 4.90 Å². The smallest absolute Gasteiger partial charge is 0.260 e. The maximum Gasteiger partial charge on any atom is 0.260 e. The summed E-state index contributed by atoms with van der Waals surface area (Å²) in [5.74, 6) is 0.0724. The summed E-state index contributed by atoms with van der Waals surface area (Å²) in [5, 5.41) is 0. The molecule has 2 aromatic rings. The predicted molar refractivity (Wildman–Crippen MR) is 80.9 cm³/mol. The summed E-state index contributed by atoms with van der Waals surface area (Å²) < 4.78 is 0. The normalized spacial score (nSPS) is 17.7. The summed E-state index contributed by atoms with van der Waals surface area (Å²) in [6.07, 6.45) is -0.0404. The molecule has 0 fully saturated rings. The van der Waals surface area contributed by atoms with Crippen LogP contribution in [0.4, 0.5) is 5.69 Å². The molecule has 1 aliphatic heterocycles. The summed E-state index contributed by atoms with van der Waals surface area (Å²) >= 11 is 0. The van der Waals surface area contributed by atoms with E-state index in [-0.39, 0.29) is 12.1 Å². The molecule has 0 saturated carbocycles. The lowest BCUT2D eigenvalue weighted by atomic mass is 10.1. The van der Waals surface area contributed by atoms with Crippen molar-refractivity contribution in [2.75, 3.05) is 19.0 Å². The van der Waals surface area contributed by atoms with E-state index < -0.39 is 0 Å². The Labute approximate surface area is 119 Å². The zero-order chi connectivity index (χ0) is 14.3. The molecule has 3 rings (SSSR count). The summed E-state index contributed by atoms with van der Waals surface area (Å²) in [7, 11) is 4.00. The maximum atomic E-state index is 12.7. The van der Waals surface area contributed by atoms with Gasteiger partial charge >= 0.3 is 0 Å². The molecule has 1 atom stereocenters. The van der Waals surface area contributed by atoms with Gasteiger partial charge in [0.1, 0.15) is 6.17 Å². The number of benzene rings is 2. The molecule has 2 aromatic carbocycles. The lowest BCUT2D eigenvalue weighted by molar-refractivity contribution is 0.0973. The standard InChI is InChI=1S/C17H18N2O/c1-12-8-10-13(11-9-12)19-16(18(2)3)14-6-4-5-7-15(14)17(19)20/h4-11,16H,1-3H3/t16-/m1/s1. The van der Waals surface area contributed by atoms with Gasteiger partial charge in [-0.2, -0.15) is 0 Å². The van der Waals surface area contributed by atoms with Crippen LogP contribution in [0.2, 0.25) is 0 Å². The van der Waals surface area contributed by atoms with E-state index in [4.69, 9.17) is 0 Å². The Balaban J connectivity index is 2.11. The van der Waals surface area contributed by atoms with Gasteiger partial charge in [-0.1, -0.05) is 35.9 Å². The van der Waals surface area contributed by atoms with Crippen molar-refractivity contribution in [3.8, 4) is 0 Å². The van der Waals surface area contributed by atoms with Crippen LogP contribution in [0.1, 0.15) is 27.7 Å². The third-order valence-electron chi connectivity index (χ3n) is 3.73. The number of carbonyl (C=O) groups excluding carboxylic acids is 1. The third kappa shape index (κ3) is 1.91. The van der Waals surface area contributed by atoms with Crippen molar-refractivity contribution in [3.63, 3.8) is 0 Å². The highest BCUT2D eigenvalue weighted by Gasteiger charge is 2.38. The predicted octanol–water partition coefficient (Wildman–Crippen LogP) is 3.22. The Bertz CT molecular complexity index is 646. The first-order valence-corrected chi connectivity index (χ1v) is 6.75. The van der Waals surface area contributed by atoms with Crippen LogP contribution in [0.15, 0.2) is 48.5 Å². The molecule has 3 nitrogen and oxygen atoms in total. The first-order chi connectivity index (χ1) is 9.59. The quantitative estimate of drug-likeness (QED) is 0.833. The van der Waals surface area contributed by atoms with Gasteiger partial charge in [-0.25, -0.2) is 0 Å². The van der Waals surface area contributed by atoms with Crippen LogP contribution in [0.25, 0.3) is 0 Å². The first-order valence-electron chi connectivity index (χ1n) is 6.75. The number of anilines is 1. The van der Waals surface area contributed by atoms with Crippen LogP contribution in [0.5, 0.6) is 0 Å². The van der Waals surface area contributed by atoms with Crippen LogP contribution in [-0.4, -0.2) is 24.9 Å². The monoisotopic (exact) mass is 266 g/mol. The molecule has 1 heterocycles. The van der Waals surface area contributed by atoms with Gasteiger partial charge in [-0.05, 0) is 39.2 Å². The SMILES string of the molecule is Cc1ccc(N2C(=O)c3ccccc3[C@@H]2N(C)C)cc1. The van der Waals surface area contributed by atoms with E-state index >= 15 is 0 Å². The minimum Gasteiger partial charge on any atom is -0.288 e. The van der Waals surface area contributed by atoms with Gasteiger partial charge < -0.3 is 0 Å². The van der Waals surface area contributed by atoms with Gasteiger partial charge in [-0.3, -0.25) is 14.6 Å². The summed E-state index contributed by atoms with van der Waals surface area (Å²) in [6, 6.07) is 15.9. The van der Waals surface area contributed by atoms with Crippen LogP contribution in [0.3, 0.4) is 0 Å². The molecule has 0 aromatic heterocycles. The lowest BCUT2D eigenvalue weighted by Crippen LogP contribution is -2.36. The van der Waals surface area contributed by atoms with Gasteiger partial charge in [0.15, 0.2) is 0 Å². The number of hydrogen-bond donors (Lipinski definition) is 0. The molecule has 0 unspecified atom stereocenters. The van der Waals surface area contributed by atoms with Gasteiger partial charge in [0.2, 0.25) is 0 Å². The number of rotatable bonds is 2. The van der Waals surface area contributed by atoms with E-state index in [1.165, 1.54) is 5.56 Å². The Morgan fingerprint density at radius 1 is 1.00 bits per heavy atom. The summed E-state index contributed by atoms with van der Waals surface area (Å²) in [5.41, 5.74) is 4.00. The van der Waals surface area contributed by atoms with Gasteiger partial charge in [0, 0.05) is 16.8 Å². The molecule has 1 aliphatic rings.